The third-order valence-electron chi connectivity index (χ3n) is 6.13. The van der Waals surface area contributed by atoms with Crippen LogP contribution >= 0.6 is 0 Å². The lowest BCUT2D eigenvalue weighted by Crippen LogP contribution is -1.83. The first-order valence-corrected chi connectivity index (χ1v) is 10.4. The van der Waals surface area contributed by atoms with Crippen LogP contribution in [0.4, 0.5) is 0 Å². The summed E-state index contributed by atoms with van der Waals surface area (Å²) in [5.41, 5.74) is 14.0. The predicted molar refractivity (Wildman–Crippen MR) is 123 cm³/mol. The maximum Gasteiger partial charge on any atom is 0.0693 e. The lowest BCUT2D eigenvalue weighted by Gasteiger charge is -1.99. The van der Waals surface area contributed by atoms with Crippen molar-refractivity contribution in [1.82, 2.24) is 19.9 Å². The van der Waals surface area contributed by atoms with Crippen molar-refractivity contribution < 1.29 is 0 Å². The van der Waals surface area contributed by atoms with E-state index < -0.39 is 0 Å². The molecule has 0 fully saturated rings. The first-order chi connectivity index (χ1) is 14.1. The summed E-state index contributed by atoms with van der Waals surface area (Å²) in [7, 11) is 0. The van der Waals surface area contributed by atoms with E-state index in [1.807, 2.05) is 0 Å². The van der Waals surface area contributed by atoms with Crippen LogP contribution in [0.1, 0.15) is 49.7 Å². The molecule has 0 aromatic carbocycles. The highest BCUT2D eigenvalue weighted by atomic mass is 14.8. The van der Waals surface area contributed by atoms with Crippen molar-refractivity contribution in [3.63, 3.8) is 0 Å². The van der Waals surface area contributed by atoms with Gasteiger partial charge in [-0.3, -0.25) is 0 Å². The minimum atomic E-state index is 0.971. The van der Waals surface area contributed by atoms with Crippen molar-refractivity contribution in [3.05, 3.63) is 65.0 Å². The number of allylic oxidation sites excluding steroid dienone is 2. The number of nitrogens with one attached hydrogen (secondary N) is 3. The van der Waals surface area contributed by atoms with Crippen LogP contribution in [0.15, 0.2) is 42.5 Å². The Balaban J connectivity index is 1.97. The third kappa shape index (κ3) is 2.87. The average Bonchev–Trinajstić information content (AvgIpc) is 3.45. The molecule has 0 spiro atoms. The molecule has 0 aliphatic carbocycles. The monoisotopic (exact) mass is 382 g/mol. The van der Waals surface area contributed by atoms with Crippen LogP contribution in [0.2, 0.25) is 0 Å². The maximum absolute atomic E-state index is 5.01. The van der Waals surface area contributed by atoms with Crippen LogP contribution in [0, 0.1) is 6.92 Å². The molecule has 4 heteroatoms. The lowest BCUT2D eigenvalue weighted by atomic mass is 10.0. The summed E-state index contributed by atoms with van der Waals surface area (Å²) in [6.07, 6.45) is 1.96. The Labute approximate surface area is 170 Å². The van der Waals surface area contributed by atoms with Gasteiger partial charge in [-0.1, -0.05) is 13.8 Å². The van der Waals surface area contributed by atoms with Gasteiger partial charge in [0, 0.05) is 22.1 Å². The smallest absolute Gasteiger partial charge is 0.0693 e. The van der Waals surface area contributed by atoms with Gasteiger partial charge < -0.3 is 15.0 Å². The highest BCUT2D eigenvalue weighted by Gasteiger charge is 2.16. The second-order valence-corrected chi connectivity index (χ2v) is 7.84. The number of hydrogen-bond donors (Lipinski definition) is 3. The number of nitrogens with zero attached hydrogens (tertiary/aromatic N) is 1. The molecule has 146 valence electrons. The topological polar surface area (TPSA) is 60.3 Å². The molecule has 0 saturated carbocycles. The van der Waals surface area contributed by atoms with Gasteiger partial charge in [-0.2, -0.15) is 0 Å². The fourth-order valence-electron chi connectivity index (χ4n) is 4.48. The number of aromatic nitrogens is 4. The summed E-state index contributed by atoms with van der Waals surface area (Å²) < 4.78 is 0. The van der Waals surface area contributed by atoms with Gasteiger partial charge in [0.2, 0.25) is 0 Å². The van der Waals surface area contributed by atoms with Gasteiger partial charge in [-0.25, -0.2) is 4.98 Å². The van der Waals surface area contributed by atoms with Crippen LogP contribution in [0.5, 0.6) is 0 Å². The van der Waals surface area contributed by atoms with Gasteiger partial charge in [0.05, 0.1) is 22.4 Å². The standard InChI is InChI=1S/C25H26N4/c1-5-18-14(3)22-11-16-7-9-20(26-16)21-10-8-17(27-21)12-23-15(4)19(6-2)25(29-23)13-24(18)28-22/h7-13,26-28H,5-6H2,1-4H3. The first kappa shape index (κ1) is 17.8. The molecule has 5 heterocycles. The summed E-state index contributed by atoms with van der Waals surface area (Å²) in [6, 6.07) is 15.1. The molecule has 1 aliphatic heterocycles. The molecule has 0 saturated heterocycles. The van der Waals surface area contributed by atoms with Crippen molar-refractivity contribution in [2.75, 3.05) is 0 Å². The summed E-state index contributed by atoms with van der Waals surface area (Å²) >= 11 is 0. The molecule has 4 aromatic rings. The number of H-pyrrole nitrogens is 3. The van der Waals surface area contributed by atoms with Crippen LogP contribution in [0.25, 0.3) is 44.2 Å². The molecule has 4 nitrogen and oxygen atoms in total. The number of fused-ring (bicyclic) bond motifs is 9. The van der Waals surface area contributed by atoms with Crippen molar-refractivity contribution >= 4 is 44.2 Å². The van der Waals surface area contributed by atoms with Crippen molar-refractivity contribution in [3.8, 4) is 0 Å². The molecule has 29 heavy (non-hydrogen) atoms. The number of hydrogen-bond acceptors (Lipinski definition) is 1. The quantitative estimate of drug-likeness (QED) is 0.353. The largest absolute Gasteiger partial charge is 0.355 e. The Hall–Kier alpha value is -3.27. The fourth-order valence-corrected chi connectivity index (χ4v) is 4.48. The number of rotatable bonds is 2. The van der Waals surface area contributed by atoms with Gasteiger partial charge in [0.1, 0.15) is 0 Å². The molecule has 5 rings (SSSR count). The van der Waals surface area contributed by atoms with Gasteiger partial charge in [0.25, 0.3) is 0 Å². The Morgan fingerprint density at radius 3 is 2.03 bits per heavy atom. The van der Waals surface area contributed by atoms with E-state index in [4.69, 9.17) is 4.98 Å². The van der Waals surface area contributed by atoms with Crippen LogP contribution < -0.4 is 0 Å². The lowest BCUT2D eigenvalue weighted by molar-refractivity contribution is 1.14. The highest BCUT2D eigenvalue weighted by molar-refractivity contribution is 5.93. The molecule has 0 atom stereocenters. The third-order valence-corrected chi connectivity index (χ3v) is 6.13. The van der Waals surface area contributed by atoms with Crippen LogP contribution in [-0.2, 0) is 6.42 Å². The summed E-state index contributed by atoms with van der Waals surface area (Å²) in [6.45, 7) is 8.80. The molecule has 3 N–H and O–H groups in total. The molecule has 4 aromatic heterocycles. The molecule has 0 radical (unpaired) electrons. The molecule has 0 unspecified atom stereocenters. The van der Waals surface area contributed by atoms with Gasteiger partial charge in [-0.15, -0.1) is 0 Å². The molecule has 8 bridgehead atoms. The predicted octanol–water partition coefficient (Wildman–Crippen LogP) is 6.74. The zero-order chi connectivity index (χ0) is 20.1. The minimum Gasteiger partial charge on any atom is -0.355 e. The average molecular weight is 383 g/mol. The fraction of sp³-hybridized carbons (Fsp3) is 0.240. The normalized spacial score (nSPS) is 13.0. The van der Waals surface area contributed by atoms with Crippen LogP contribution in [0.3, 0.4) is 0 Å². The zero-order valence-corrected chi connectivity index (χ0v) is 17.4. The van der Waals surface area contributed by atoms with E-state index in [9.17, 15) is 0 Å². The van der Waals surface area contributed by atoms with Gasteiger partial charge >= 0.3 is 0 Å². The number of aryl methyl sites for hydroxylation is 2. The second kappa shape index (κ2) is 6.66. The van der Waals surface area contributed by atoms with E-state index in [1.165, 1.54) is 27.8 Å². The highest BCUT2D eigenvalue weighted by Crippen LogP contribution is 2.33. The van der Waals surface area contributed by atoms with Gasteiger partial charge in [-0.05, 0) is 91.4 Å². The van der Waals surface area contributed by atoms with E-state index in [0.717, 1.165) is 51.8 Å². The maximum atomic E-state index is 5.01. The van der Waals surface area contributed by atoms with E-state index in [0.29, 0.717) is 0 Å². The first-order valence-electron chi connectivity index (χ1n) is 10.4. The van der Waals surface area contributed by atoms with Crippen molar-refractivity contribution in [2.24, 2.45) is 0 Å². The van der Waals surface area contributed by atoms with E-state index in [1.54, 1.807) is 0 Å². The molecule has 1 aliphatic rings. The molecular formula is C25H26N4. The van der Waals surface area contributed by atoms with Crippen LogP contribution in [-0.4, -0.2) is 19.9 Å². The van der Waals surface area contributed by atoms with Crippen molar-refractivity contribution in [1.29, 1.82) is 0 Å². The molecular weight excluding hydrogens is 356 g/mol. The van der Waals surface area contributed by atoms with E-state index in [2.05, 4.69) is 85.1 Å². The van der Waals surface area contributed by atoms with Gasteiger partial charge in [0.15, 0.2) is 0 Å². The Morgan fingerprint density at radius 2 is 1.38 bits per heavy atom. The van der Waals surface area contributed by atoms with E-state index in [-0.39, 0.29) is 0 Å². The molecule has 0 amide bonds. The number of aromatic amines is 3. The minimum absolute atomic E-state index is 0.971. The summed E-state index contributed by atoms with van der Waals surface area (Å²) in [4.78, 5) is 15.7. The summed E-state index contributed by atoms with van der Waals surface area (Å²) in [5, 5.41) is 0. The zero-order valence-electron chi connectivity index (χ0n) is 17.4. The Morgan fingerprint density at radius 1 is 0.690 bits per heavy atom. The van der Waals surface area contributed by atoms with E-state index >= 15 is 0 Å². The SMILES string of the molecule is CCC1=C(C)c2cc3ccc([nH]3)c3ccc(cc4[nH]c(cc1n2)c(CC)c4C)[nH]3. The summed E-state index contributed by atoms with van der Waals surface area (Å²) in [5.74, 6) is 0. The second-order valence-electron chi connectivity index (χ2n) is 7.84. The Kier molecular flexibility index (Phi) is 4.09. The van der Waals surface area contributed by atoms with Crippen molar-refractivity contribution in [2.45, 2.75) is 40.5 Å². The Bertz CT molecular complexity index is 1390.